The Bertz CT molecular complexity index is 797. The minimum atomic E-state index is 0.739. The first-order valence-corrected chi connectivity index (χ1v) is 6.94. The number of nitrogens with zero attached hydrogens (tertiary/aromatic N) is 3. The van der Waals surface area contributed by atoms with Gasteiger partial charge in [-0.2, -0.15) is 5.10 Å². The molecule has 0 fully saturated rings. The van der Waals surface area contributed by atoms with Crippen molar-refractivity contribution in [2.24, 2.45) is 12.1 Å². The van der Waals surface area contributed by atoms with Crippen LogP contribution in [0.1, 0.15) is 18.1 Å². The van der Waals surface area contributed by atoms with E-state index in [1.54, 1.807) is 0 Å². The molecule has 1 aromatic heterocycles. The normalized spacial score (nSPS) is 11.9. The van der Waals surface area contributed by atoms with Crippen LogP contribution in [-0.4, -0.2) is 15.3 Å². The van der Waals surface area contributed by atoms with Crippen LogP contribution in [0.3, 0.4) is 0 Å². The van der Waals surface area contributed by atoms with Gasteiger partial charge in [0, 0.05) is 7.05 Å². The maximum atomic E-state index is 4.54. The highest BCUT2D eigenvalue weighted by Crippen LogP contribution is 2.17. The molecule has 0 aliphatic rings. The molecule has 0 saturated carbocycles. The van der Waals surface area contributed by atoms with Crippen molar-refractivity contribution in [3.8, 4) is 0 Å². The summed E-state index contributed by atoms with van der Waals surface area (Å²) in [5.74, 6) is 0.739. The van der Waals surface area contributed by atoms with Crippen molar-refractivity contribution in [3.63, 3.8) is 0 Å². The van der Waals surface area contributed by atoms with Crippen LogP contribution >= 0.6 is 0 Å². The molecular weight excluding hydrogens is 260 g/mol. The van der Waals surface area contributed by atoms with Gasteiger partial charge >= 0.3 is 0 Å². The zero-order valence-electron chi connectivity index (χ0n) is 12.5. The van der Waals surface area contributed by atoms with E-state index in [2.05, 4.69) is 46.7 Å². The van der Waals surface area contributed by atoms with Gasteiger partial charge in [0.05, 0.1) is 16.7 Å². The van der Waals surface area contributed by atoms with Crippen LogP contribution in [0, 0.1) is 6.92 Å². The van der Waals surface area contributed by atoms with Gasteiger partial charge in [0.1, 0.15) is 0 Å². The monoisotopic (exact) mass is 278 g/mol. The fourth-order valence-electron chi connectivity index (χ4n) is 2.24. The molecule has 0 spiro atoms. The van der Waals surface area contributed by atoms with E-state index < -0.39 is 0 Å². The van der Waals surface area contributed by atoms with Gasteiger partial charge in [-0.1, -0.05) is 42.0 Å². The quantitative estimate of drug-likeness (QED) is 0.586. The van der Waals surface area contributed by atoms with Crippen molar-refractivity contribution in [1.82, 2.24) is 9.55 Å². The van der Waals surface area contributed by atoms with Crippen molar-refractivity contribution in [3.05, 3.63) is 59.7 Å². The maximum absolute atomic E-state index is 4.54. The molecule has 0 aliphatic carbocycles. The summed E-state index contributed by atoms with van der Waals surface area (Å²) in [4.78, 5) is 4.54. The van der Waals surface area contributed by atoms with E-state index in [-0.39, 0.29) is 0 Å². The van der Waals surface area contributed by atoms with Gasteiger partial charge in [0.2, 0.25) is 5.95 Å². The summed E-state index contributed by atoms with van der Waals surface area (Å²) in [5, 5.41) is 4.43. The lowest BCUT2D eigenvalue weighted by molar-refractivity contribution is 0.942. The molecule has 0 bridgehead atoms. The third kappa shape index (κ3) is 2.65. The van der Waals surface area contributed by atoms with Crippen molar-refractivity contribution in [2.75, 3.05) is 5.43 Å². The van der Waals surface area contributed by atoms with Crippen LogP contribution in [0.5, 0.6) is 0 Å². The summed E-state index contributed by atoms with van der Waals surface area (Å²) < 4.78 is 2.00. The largest absolute Gasteiger partial charge is 0.312 e. The minimum Gasteiger partial charge on any atom is -0.312 e. The number of imidazole rings is 1. The lowest BCUT2D eigenvalue weighted by Gasteiger charge is -2.04. The third-order valence-corrected chi connectivity index (χ3v) is 3.58. The van der Waals surface area contributed by atoms with E-state index >= 15 is 0 Å². The second-order valence-corrected chi connectivity index (χ2v) is 5.16. The fraction of sp³-hybridized carbons (Fsp3) is 0.176. The molecule has 0 aliphatic heterocycles. The molecule has 4 nitrogen and oxygen atoms in total. The summed E-state index contributed by atoms with van der Waals surface area (Å²) in [5.41, 5.74) is 8.39. The van der Waals surface area contributed by atoms with Crippen molar-refractivity contribution in [2.45, 2.75) is 13.8 Å². The Balaban J connectivity index is 1.86. The molecular formula is C17H18N4. The smallest absolute Gasteiger partial charge is 0.224 e. The molecule has 4 heteroatoms. The van der Waals surface area contributed by atoms with Crippen molar-refractivity contribution in [1.29, 1.82) is 0 Å². The number of rotatable bonds is 3. The minimum absolute atomic E-state index is 0.739. The summed E-state index contributed by atoms with van der Waals surface area (Å²) >= 11 is 0. The second-order valence-electron chi connectivity index (χ2n) is 5.16. The van der Waals surface area contributed by atoms with Crippen LogP contribution in [0.4, 0.5) is 5.95 Å². The van der Waals surface area contributed by atoms with Crippen molar-refractivity contribution < 1.29 is 0 Å². The number of aromatic nitrogens is 2. The number of para-hydroxylation sites is 2. The predicted octanol–water partition coefficient (Wildman–Crippen LogP) is 3.72. The van der Waals surface area contributed by atoms with Gasteiger partial charge in [-0.25, -0.2) is 10.4 Å². The van der Waals surface area contributed by atoms with E-state index in [1.165, 1.54) is 5.56 Å². The highest BCUT2D eigenvalue weighted by atomic mass is 15.4. The number of anilines is 1. The average Bonchev–Trinajstić information content (AvgIpc) is 2.82. The first-order valence-electron chi connectivity index (χ1n) is 6.94. The number of benzene rings is 2. The molecule has 21 heavy (non-hydrogen) atoms. The Morgan fingerprint density at radius 1 is 1.10 bits per heavy atom. The zero-order chi connectivity index (χ0) is 14.8. The average molecular weight is 278 g/mol. The molecule has 3 rings (SSSR count). The van der Waals surface area contributed by atoms with E-state index in [0.29, 0.717) is 0 Å². The highest BCUT2D eigenvalue weighted by Gasteiger charge is 2.06. The Hall–Kier alpha value is -2.62. The molecule has 2 aromatic carbocycles. The standard InChI is InChI=1S/C17H18N4/c1-12-8-10-14(11-9-12)13(2)19-20-17-18-15-6-4-5-7-16(15)21(17)3/h4-11H,1-3H3,(H,18,20)/b19-13+. The van der Waals surface area contributed by atoms with Crippen LogP contribution in [0.2, 0.25) is 0 Å². The molecule has 0 radical (unpaired) electrons. The molecule has 106 valence electrons. The summed E-state index contributed by atoms with van der Waals surface area (Å²) in [6.45, 7) is 4.06. The molecule has 1 N–H and O–H groups in total. The first kappa shape index (κ1) is 13.4. The maximum Gasteiger partial charge on any atom is 0.224 e. The number of aryl methyl sites for hydroxylation is 2. The molecule has 3 aromatic rings. The van der Waals surface area contributed by atoms with Gasteiger partial charge in [-0.05, 0) is 31.5 Å². The third-order valence-electron chi connectivity index (χ3n) is 3.58. The van der Waals surface area contributed by atoms with Crippen LogP contribution < -0.4 is 5.43 Å². The predicted molar refractivity (Wildman–Crippen MR) is 87.7 cm³/mol. The summed E-state index contributed by atoms with van der Waals surface area (Å²) in [6.07, 6.45) is 0. The van der Waals surface area contributed by atoms with E-state index in [4.69, 9.17) is 0 Å². The van der Waals surface area contributed by atoms with E-state index in [1.807, 2.05) is 42.8 Å². The van der Waals surface area contributed by atoms with Crippen LogP contribution in [-0.2, 0) is 7.05 Å². The molecule has 0 atom stereocenters. The van der Waals surface area contributed by atoms with Crippen LogP contribution in [0.15, 0.2) is 53.6 Å². The van der Waals surface area contributed by atoms with E-state index in [9.17, 15) is 0 Å². The van der Waals surface area contributed by atoms with Gasteiger partial charge in [-0.15, -0.1) is 0 Å². The Kier molecular flexibility index (Phi) is 3.44. The molecule has 0 saturated heterocycles. The topological polar surface area (TPSA) is 42.2 Å². The van der Waals surface area contributed by atoms with Gasteiger partial charge in [0.25, 0.3) is 0 Å². The summed E-state index contributed by atoms with van der Waals surface area (Å²) in [6, 6.07) is 16.4. The number of hydrogen-bond acceptors (Lipinski definition) is 3. The SMILES string of the molecule is C/C(=N\Nc1nc2ccccc2n1C)c1ccc(C)cc1. The molecule has 0 unspecified atom stereocenters. The number of nitrogens with one attached hydrogen (secondary N) is 1. The Labute approximate surface area is 124 Å². The number of hydrazone groups is 1. The Morgan fingerprint density at radius 2 is 1.81 bits per heavy atom. The molecule has 0 amide bonds. The van der Waals surface area contributed by atoms with E-state index in [0.717, 1.165) is 28.3 Å². The van der Waals surface area contributed by atoms with Crippen LogP contribution in [0.25, 0.3) is 11.0 Å². The van der Waals surface area contributed by atoms with Gasteiger partial charge in [-0.3, -0.25) is 0 Å². The lowest BCUT2D eigenvalue weighted by atomic mass is 10.1. The number of hydrogen-bond donors (Lipinski definition) is 1. The zero-order valence-corrected chi connectivity index (χ0v) is 12.5. The second kappa shape index (κ2) is 5.40. The fourth-order valence-corrected chi connectivity index (χ4v) is 2.24. The van der Waals surface area contributed by atoms with Gasteiger partial charge < -0.3 is 4.57 Å². The molecule has 1 heterocycles. The Morgan fingerprint density at radius 3 is 2.52 bits per heavy atom. The summed E-state index contributed by atoms with van der Waals surface area (Å²) in [7, 11) is 1.98. The lowest BCUT2D eigenvalue weighted by Crippen LogP contribution is -2.03. The first-order chi connectivity index (χ1) is 10.1. The van der Waals surface area contributed by atoms with Gasteiger partial charge in [0.15, 0.2) is 0 Å². The number of fused-ring (bicyclic) bond motifs is 1. The highest BCUT2D eigenvalue weighted by molar-refractivity contribution is 5.99. The van der Waals surface area contributed by atoms with Crippen molar-refractivity contribution >= 4 is 22.7 Å².